The van der Waals surface area contributed by atoms with Crippen molar-refractivity contribution in [1.29, 1.82) is 0 Å². The summed E-state index contributed by atoms with van der Waals surface area (Å²) in [5, 5.41) is 10.5. The highest BCUT2D eigenvalue weighted by Gasteiger charge is 2.41. The van der Waals surface area contributed by atoms with E-state index in [0.717, 1.165) is 5.56 Å². The second-order valence-corrected chi connectivity index (χ2v) is 3.96. The third kappa shape index (κ3) is 1.21. The molecule has 1 aromatic rings. The van der Waals surface area contributed by atoms with Crippen LogP contribution in [0.2, 0.25) is 5.02 Å². The van der Waals surface area contributed by atoms with E-state index >= 15 is 0 Å². The van der Waals surface area contributed by atoms with E-state index in [4.69, 9.17) is 17.3 Å². The summed E-state index contributed by atoms with van der Waals surface area (Å²) in [4.78, 5) is 11.1. The average molecular weight is 212 g/mol. The van der Waals surface area contributed by atoms with E-state index in [9.17, 15) is 9.90 Å². The summed E-state index contributed by atoms with van der Waals surface area (Å²) < 4.78 is 0. The van der Waals surface area contributed by atoms with Crippen LogP contribution in [0.25, 0.3) is 0 Å². The van der Waals surface area contributed by atoms with Gasteiger partial charge in [0.2, 0.25) is 0 Å². The first-order chi connectivity index (χ1) is 6.54. The van der Waals surface area contributed by atoms with Crippen LogP contribution in [-0.2, 0) is 16.8 Å². The van der Waals surface area contributed by atoms with Crippen LogP contribution in [0.4, 0.5) is 0 Å². The minimum atomic E-state index is -1.53. The molecule has 2 rings (SSSR count). The van der Waals surface area contributed by atoms with Crippen molar-refractivity contribution in [3.8, 4) is 0 Å². The number of hydrogen-bond acceptors (Lipinski definition) is 2. The Morgan fingerprint density at radius 1 is 1.57 bits per heavy atom. The number of nitrogens with two attached hydrogens (primary N) is 1. The molecule has 1 aliphatic carbocycles. The van der Waals surface area contributed by atoms with Gasteiger partial charge in [-0.3, -0.25) is 4.79 Å². The zero-order chi connectivity index (χ0) is 10.3. The SMILES string of the molecule is NC(=O)C1(O)CCc2ccc(Cl)cc21. The fourth-order valence-corrected chi connectivity index (χ4v) is 2.03. The van der Waals surface area contributed by atoms with Crippen LogP contribution in [0.1, 0.15) is 17.5 Å². The number of halogens is 1. The molecule has 3 N–H and O–H groups in total. The van der Waals surface area contributed by atoms with Crippen LogP contribution >= 0.6 is 11.6 Å². The molecule has 0 spiro atoms. The van der Waals surface area contributed by atoms with Gasteiger partial charge < -0.3 is 10.8 Å². The average Bonchev–Trinajstić information content (AvgIpc) is 2.46. The van der Waals surface area contributed by atoms with E-state index in [2.05, 4.69) is 0 Å². The maximum atomic E-state index is 11.1. The molecular formula is C10H10ClNO2. The van der Waals surface area contributed by atoms with E-state index in [0.29, 0.717) is 23.4 Å². The molecule has 4 heteroatoms. The molecule has 1 aromatic carbocycles. The zero-order valence-corrected chi connectivity index (χ0v) is 8.21. The summed E-state index contributed by atoms with van der Waals surface area (Å²) in [6, 6.07) is 5.17. The van der Waals surface area contributed by atoms with Gasteiger partial charge in [-0.15, -0.1) is 0 Å². The predicted octanol–water partition coefficient (Wildman–Crippen LogP) is 0.959. The Balaban J connectivity index is 2.58. The van der Waals surface area contributed by atoms with E-state index in [1.807, 2.05) is 6.07 Å². The molecule has 14 heavy (non-hydrogen) atoms. The number of carbonyl (C=O) groups excluding carboxylic acids is 1. The normalized spacial score (nSPS) is 24.7. The van der Waals surface area contributed by atoms with Crippen molar-refractivity contribution in [2.45, 2.75) is 18.4 Å². The second-order valence-electron chi connectivity index (χ2n) is 3.53. The lowest BCUT2D eigenvalue weighted by Gasteiger charge is -2.19. The highest BCUT2D eigenvalue weighted by Crippen LogP contribution is 2.37. The van der Waals surface area contributed by atoms with E-state index < -0.39 is 11.5 Å². The van der Waals surface area contributed by atoms with Gasteiger partial charge in [0.1, 0.15) is 0 Å². The summed E-state index contributed by atoms with van der Waals surface area (Å²) in [7, 11) is 0. The maximum absolute atomic E-state index is 11.1. The van der Waals surface area contributed by atoms with Gasteiger partial charge in [0.15, 0.2) is 5.60 Å². The molecule has 0 radical (unpaired) electrons. The minimum Gasteiger partial charge on any atom is -0.375 e. The van der Waals surface area contributed by atoms with Crippen molar-refractivity contribution < 1.29 is 9.90 Å². The number of fused-ring (bicyclic) bond motifs is 1. The molecule has 0 bridgehead atoms. The standard InChI is InChI=1S/C10H10ClNO2/c11-7-2-1-6-3-4-10(14,9(12)13)8(6)5-7/h1-2,5,14H,3-4H2,(H2,12,13). The molecule has 1 aliphatic rings. The number of rotatable bonds is 1. The minimum absolute atomic E-state index is 0.345. The van der Waals surface area contributed by atoms with Crippen molar-refractivity contribution in [3.05, 3.63) is 34.3 Å². The Morgan fingerprint density at radius 2 is 2.29 bits per heavy atom. The Morgan fingerprint density at radius 3 is 2.93 bits per heavy atom. The molecule has 0 aromatic heterocycles. The quantitative estimate of drug-likeness (QED) is 0.727. The molecule has 0 aliphatic heterocycles. The van der Waals surface area contributed by atoms with Crippen LogP contribution in [0.3, 0.4) is 0 Å². The van der Waals surface area contributed by atoms with Gasteiger partial charge in [0.05, 0.1) is 0 Å². The van der Waals surface area contributed by atoms with Gasteiger partial charge in [0, 0.05) is 5.02 Å². The van der Waals surface area contributed by atoms with Crippen molar-refractivity contribution in [1.82, 2.24) is 0 Å². The van der Waals surface area contributed by atoms with Gasteiger partial charge in [-0.1, -0.05) is 17.7 Å². The summed E-state index contributed by atoms with van der Waals surface area (Å²) in [6.07, 6.45) is 1.00. The smallest absolute Gasteiger partial charge is 0.254 e. The van der Waals surface area contributed by atoms with Crippen LogP contribution in [-0.4, -0.2) is 11.0 Å². The first kappa shape index (κ1) is 9.49. The monoisotopic (exact) mass is 211 g/mol. The number of primary amides is 1. The van der Waals surface area contributed by atoms with E-state index in [1.54, 1.807) is 12.1 Å². The third-order valence-electron chi connectivity index (χ3n) is 2.68. The van der Waals surface area contributed by atoms with Crippen molar-refractivity contribution in [2.75, 3.05) is 0 Å². The number of aryl methyl sites for hydroxylation is 1. The lowest BCUT2D eigenvalue weighted by Crippen LogP contribution is -2.39. The number of benzene rings is 1. The van der Waals surface area contributed by atoms with Crippen LogP contribution in [0, 0.1) is 0 Å². The predicted molar refractivity (Wildman–Crippen MR) is 52.9 cm³/mol. The summed E-state index contributed by atoms with van der Waals surface area (Å²) in [6.45, 7) is 0. The number of aliphatic hydroxyl groups is 1. The van der Waals surface area contributed by atoms with Crippen LogP contribution in [0.5, 0.6) is 0 Å². The van der Waals surface area contributed by atoms with Gasteiger partial charge in [-0.05, 0) is 36.1 Å². The molecule has 1 amide bonds. The molecule has 74 valence electrons. The van der Waals surface area contributed by atoms with Crippen LogP contribution in [0.15, 0.2) is 18.2 Å². The molecule has 0 saturated heterocycles. The topological polar surface area (TPSA) is 63.3 Å². The highest BCUT2D eigenvalue weighted by molar-refractivity contribution is 6.30. The second kappa shape index (κ2) is 2.97. The fraction of sp³-hybridized carbons (Fsp3) is 0.300. The van der Waals surface area contributed by atoms with Gasteiger partial charge >= 0.3 is 0 Å². The molecule has 1 atom stereocenters. The van der Waals surface area contributed by atoms with Gasteiger partial charge in [0.25, 0.3) is 5.91 Å². The van der Waals surface area contributed by atoms with Crippen molar-refractivity contribution in [3.63, 3.8) is 0 Å². The Bertz CT molecular complexity index is 405. The Hall–Kier alpha value is -1.06. The fourth-order valence-electron chi connectivity index (χ4n) is 1.86. The maximum Gasteiger partial charge on any atom is 0.254 e. The molecule has 0 fully saturated rings. The van der Waals surface area contributed by atoms with E-state index in [1.165, 1.54) is 0 Å². The third-order valence-corrected chi connectivity index (χ3v) is 2.92. The lowest BCUT2D eigenvalue weighted by atomic mass is 9.95. The molecular weight excluding hydrogens is 202 g/mol. The molecule has 0 saturated carbocycles. The summed E-state index contributed by atoms with van der Waals surface area (Å²) in [5.41, 5.74) is 5.13. The van der Waals surface area contributed by atoms with Gasteiger partial charge in [-0.2, -0.15) is 0 Å². The summed E-state index contributed by atoms with van der Waals surface area (Å²) in [5.74, 6) is -0.710. The van der Waals surface area contributed by atoms with E-state index in [-0.39, 0.29) is 0 Å². The Labute approximate surface area is 86.5 Å². The van der Waals surface area contributed by atoms with Crippen molar-refractivity contribution >= 4 is 17.5 Å². The van der Waals surface area contributed by atoms with Crippen LogP contribution < -0.4 is 5.73 Å². The Kier molecular flexibility index (Phi) is 2.01. The molecule has 3 nitrogen and oxygen atoms in total. The summed E-state index contributed by atoms with van der Waals surface area (Å²) >= 11 is 5.79. The van der Waals surface area contributed by atoms with Gasteiger partial charge in [-0.25, -0.2) is 0 Å². The highest BCUT2D eigenvalue weighted by atomic mass is 35.5. The largest absolute Gasteiger partial charge is 0.375 e. The molecule has 0 heterocycles. The first-order valence-electron chi connectivity index (χ1n) is 4.35. The first-order valence-corrected chi connectivity index (χ1v) is 4.73. The zero-order valence-electron chi connectivity index (χ0n) is 7.46. The number of carbonyl (C=O) groups is 1. The van der Waals surface area contributed by atoms with Crippen molar-refractivity contribution in [2.24, 2.45) is 5.73 Å². The number of amides is 1. The lowest BCUT2D eigenvalue weighted by molar-refractivity contribution is -0.137. The number of hydrogen-bond donors (Lipinski definition) is 2. The molecule has 1 unspecified atom stereocenters.